The maximum Gasteiger partial charge on any atom is 0.123 e. The third-order valence-electron chi connectivity index (χ3n) is 4.43. The Balaban J connectivity index is 1.90. The molecule has 0 spiro atoms. The first-order valence-electron chi connectivity index (χ1n) is 8.73. The predicted octanol–water partition coefficient (Wildman–Crippen LogP) is 5.22. The van der Waals surface area contributed by atoms with Gasteiger partial charge in [0.25, 0.3) is 0 Å². The second kappa shape index (κ2) is 7.38. The normalized spacial score (nSPS) is 10.6. The Morgan fingerprint density at radius 3 is 1.85 bits per heavy atom. The molecule has 0 saturated carbocycles. The molecule has 0 aliphatic rings. The molecule has 0 aliphatic heterocycles. The van der Waals surface area contributed by atoms with E-state index in [4.69, 9.17) is 14.6 Å². The summed E-state index contributed by atoms with van der Waals surface area (Å²) in [7, 11) is 3.30. The lowest BCUT2D eigenvalue weighted by Gasteiger charge is -2.07. The van der Waals surface area contributed by atoms with Crippen molar-refractivity contribution in [3.63, 3.8) is 0 Å². The molecule has 4 nitrogen and oxygen atoms in total. The van der Waals surface area contributed by atoms with Crippen molar-refractivity contribution in [3.05, 3.63) is 84.9 Å². The smallest absolute Gasteiger partial charge is 0.123 e. The lowest BCUT2D eigenvalue weighted by molar-refractivity contribution is 0.394. The molecule has 0 N–H and O–H groups in total. The molecule has 0 radical (unpaired) electrons. The van der Waals surface area contributed by atoms with E-state index in [1.54, 1.807) is 14.2 Å². The number of hydrogen-bond donors (Lipinski definition) is 0. The molecule has 4 aromatic rings. The number of rotatable bonds is 5. The van der Waals surface area contributed by atoms with E-state index in [2.05, 4.69) is 30.3 Å². The van der Waals surface area contributed by atoms with Gasteiger partial charge < -0.3 is 9.47 Å². The number of aromatic nitrogens is 2. The van der Waals surface area contributed by atoms with Crippen molar-refractivity contribution in [3.8, 4) is 39.7 Å². The third-order valence-corrected chi connectivity index (χ3v) is 4.43. The van der Waals surface area contributed by atoms with Crippen LogP contribution >= 0.6 is 0 Å². The fourth-order valence-corrected chi connectivity index (χ4v) is 3.06. The highest BCUT2D eigenvalue weighted by atomic mass is 16.5. The second-order valence-electron chi connectivity index (χ2n) is 6.13. The first-order chi connectivity index (χ1) is 13.3. The SMILES string of the molecule is COc1cc(OC)cc(-c2cc(-c3ccccc3)n(-c3ccccc3)n2)c1. The van der Waals surface area contributed by atoms with Crippen LogP contribution in [0.15, 0.2) is 84.9 Å². The maximum atomic E-state index is 5.41. The van der Waals surface area contributed by atoms with Crippen LogP contribution in [0.25, 0.3) is 28.2 Å². The number of para-hydroxylation sites is 1. The number of nitrogens with zero attached hydrogens (tertiary/aromatic N) is 2. The molecule has 0 atom stereocenters. The predicted molar refractivity (Wildman–Crippen MR) is 108 cm³/mol. The van der Waals surface area contributed by atoms with Crippen molar-refractivity contribution >= 4 is 0 Å². The molecular weight excluding hydrogens is 336 g/mol. The quantitative estimate of drug-likeness (QED) is 0.492. The van der Waals surface area contributed by atoms with Crippen LogP contribution in [0.2, 0.25) is 0 Å². The van der Waals surface area contributed by atoms with Crippen molar-refractivity contribution in [1.29, 1.82) is 0 Å². The lowest BCUT2D eigenvalue weighted by atomic mass is 10.1. The average Bonchev–Trinajstić information content (AvgIpc) is 3.20. The summed E-state index contributed by atoms with van der Waals surface area (Å²) in [6, 6.07) is 28.3. The van der Waals surface area contributed by atoms with E-state index in [-0.39, 0.29) is 0 Å². The second-order valence-corrected chi connectivity index (χ2v) is 6.13. The molecule has 0 fully saturated rings. The first kappa shape index (κ1) is 16.9. The standard InChI is InChI=1S/C23H20N2O2/c1-26-20-13-18(14-21(15-20)27-2)22-16-23(17-9-5-3-6-10-17)25(24-22)19-11-7-4-8-12-19/h3-16H,1-2H3. The van der Waals surface area contributed by atoms with Gasteiger partial charge in [-0.1, -0.05) is 48.5 Å². The molecule has 134 valence electrons. The fraction of sp³-hybridized carbons (Fsp3) is 0.0870. The molecule has 1 aromatic heterocycles. The van der Waals surface area contributed by atoms with Crippen molar-refractivity contribution in [2.45, 2.75) is 0 Å². The molecule has 0 aliphatic carbocycles. The Bertz CT molecular complexity index is 961. The molecule has 3 aromatic carbocycles. The molecule has 0 saturated heterocycles. The molecule has 0 amide bonds. The van der Waals surface area contributed by atoms with Gasteiger partial charge in [-0.3, -0.25) is 0 Å². The molecule has 0 bridgehead atoms. The van der Waals surface area contributed by atoms with Gasteiger partial charge >= 0.3 is 0 Å². The molecule has 4 heteroatoms. The lowest BCUT2D eigenvalue weighted by Crippen LogP contribution is -1.98. The van der Waals surface area contributed by atoms with Crippen LogP contribution in [0.1, 0.15) is 0 Å². The summed E-state index contributed by atoms with van der Waals surface area (Å²) < 4.78 is 12.8. The van der Waals surface area contributed by atoms with Crippen LogP contribution in [0, 0.1) is 0 Å². The summed E-state index contributed by atoms with van der Waals surface area (Å²) in [5, 5.41) is 4.88. The van der Waals surface area contributed by atoms with Gasteiger partial charge in [0.15, 0.2) is 0 Å². The number of ether oxygens (including phenoxy) is 2. The van der Waals surface area contributed by atoms with Gasteiger partial charge in [-0.05, 0) is 30.3 Å². The van der Waals surface area contributed by atoms with E-state index < -0.39 is 0 Å². The van der Waals surface area contributed by atoms with Crippen LogP contribution in [-0.2, 0) is 0 Å². The molecule has 0 unspecified atom stereocenters. The van der Waals surface area contributed by atoms with E-state index in [0.29, 0.717) is 0 Å². The molecule has 4 rings (SSSR count). The van der Waals surface area contributed by atoms with Crippen molar-refractivity contribution in [2.24, 2.45) is 0 Å². The zero-order valence-corrected chi connectivity index (χ0v) is 15.3. The summed E-state index contributed by atoms with van der Waals surface area (Å²) in [6.07, 6.45) is 0. The van der Waals surface area contributed by atoms with Crippen LogP contribution in [-0.4, -0.2) is 24.0 Å². The van der Waals surface area contributed by atoms with Gasteiger partial charge in [-0.2, -0.15) is 5.10 Å². The minimum absolute atomic E-state index is 0.736. The Labute approximate surface area is 158 Å². The Hall–Kier alpha value is -3.53. The summed E-state index contributed by atoms with van der Waals surface area (Å²) in [5.41, 5.74) is 4.94. The highest BCUT2D eigenvalue weighted by Crippen LogP contribution is 2.33. The van der Waals surface area contributed by atoms with E-state index in [1.807, 2.05) is 59.3 Å². The molecule has 1 heterocycles. The zero-order chi connectivity index (χ0) is 18.6. The van der Waals surface area contributed by atoms with Crippen LogP contribution in [0.4, 0.5) is 0 Å². The van der Waals surface area contributed by atoms with Gasteiger partial charge in [0, 0.05) is 17.2 Å². The van der Waals surface area contributed by atoms with Gasteiger partial charge in [0.05, 0.1) is 31.3 Å². The third kappa shape index (κ3) is 3.42. The van der Waals surface area contributed by atoms with Crippen LogP contribution in [0.3, 0.4) is 0 Å². The molecule has 27 heavy (non-hydrogen) atoms. The van der Waals surface area contributed by atoms with E-state index in [0.717, 1.165) is 39.7 Å². The molecular formula is C23H20N2O2. The maximum absolute atomic E-state index is 5.41. The highest BCUT2D eigenvalue weighted by molar-refractivity contribution is 5.72. The van der Waals surface area contributed by atoms with Crippen LogP contribution in [0.5, 0.6) is 11.5 Å². The van der Waals surface area contributed by atoms with Gasteiger partial charge in [-0.25, -0.2) is 4.68 Å². The highest BCUT2D eigenvalue weighted by Gasteiger charge is 2.14. The average molecular weight is 356 g/mol. The fourth-order valence-electron chi connectivity index (χ4n) is 3.06. The van der Waals surface area contributed by atoms with E-state index in [9.17, 15) is 0 Å². The zero-order valence-electron chi connectivity index (χ0n) is 15.3. The Kier molecular flexibility index (Phi) is 4.62. The largest absolute Gasteiger partial charge is 0.497 e. The number of hydrogen-bond acceptors (Lipinski definition) is 3. The summed E-state index contributed by atoms with van der Waals surface area (Å²) in [4.78, 5) is 0. The van der Waals surface area contributed by atoms with Crippen LogP contribution < -0.4 is 9.47 Å². The minimum atomic E-state index is 0.736. The van der Waals surface area contributed by atoms with Gasteiger partial charge in [-0.15, -0.1) is 0 Å². The first-order valence-corrected chi connectivity index (χ1v) is 8.73. The van der Waals surface area contributed by atoms with Gasteiger partial charge in [0.1, 0.15) is 11.5 Å². The minimum Gasteiger partial charge on any atom is -0.497 e. The van der Waals surface area contributed by atoms with Crippen molar-refractivity contribution in [2.75, 3.05) is 14.2 Å². The summed E-state index contributed by atoms with van der Waals surface area (Å²) >= 11 is 0. The number of methoxy groups -OCH3 is 2. The monoisotopic (exact) mass is 356 g/mol. The Morgan fingerprint density at radius 2 is 1.26 bits per heavy atom. The van der Waals surface area contributed by atoms with Crippen molar-refractivity contribution < 1.29 is 9.47 Å². The topological polar surface area (TPSA) is 36.3 Å². The van der Waals surface area contributed by atoms with Crippen molar-refractivity contribution in [1.82, 2.24) is 9.78 Å². The summed E-state index contributed by atoms with van der Waals surface area (Å²) in [6.45, 7) is 0. The summed E-state index contributed by atoms with van der Waals surface area (Å²) in [5.74, 6) is 1.47. The van der Waals surface area contributed by atoms with E-state index >= 15 is 0 Å². The van der Waals surface area contributed by atoms with Gasteiger partial charge in [0.2, 0.25) is 0 Å². The Morgan fingerprint density at radius 1 is 0.667 bits per heavy atom. The number of benzene rings is 3. The van der Waals surface area contributed by atoms with E-state index in [1.165, 1.54) is 0 Å².